The molecule has 19 nitrogen and oxygen atoms in total. The fourth-order valence-corrected chi connectivity index (χ4v) is 10.7. The van der Waals surface area contributed by atoms with E-state index in [9.17, 15) is 29.1 Å². The van der Waals surface area contributed by atoms with Gasteiger partial charge in [-0.2, -0.15) is 0 Å². The van der Waals surface area contributed by atoms with Crippen molar-refractivity contribution in [1.29, 1.82) is 0 Å². The highest BCUT2D eigenvalue weighted by Crippen LogP contribution is 2.38. The van der Waals surface area contributed by atoms with Gasteiger partial charge in [0.2, 0.25) is 0 Å². The molecule has 1 aromatic heterocycles. The SMILES string of the molecule is C/C=C1\C[C@H]2C=Nc3cc(OCc4cc(OCCN(C)CC(C)(C)SCC(=O)CCCOCCOCCOCCOCCC(=O)CC)cc(COc5cc6c(cc5CO)C(=O)N5C/C(=C/C)C[C@H]5C=N6)n4)c(C=O)cc3C(=O)N2C1. The van der Waals surface area contributed by atoms with Crippen LogP contribution in [0.25, 0.3) is 0 Å². The number of fused-ring (bicyclic) bond motifs is 4. The molecule has 0 saturated carbocycles. The fraction of sp³-hybridized carbons (Fsp3) is 0.533. The number of aliphatic hydroxyl groups is 1. The highest BCUT2D eigenvalue weighted by molar-refractivity contribution is 8.01. The van der Waals surface area contributed by atoms with E-state index < -0.39 is 0 Å². The number of hydrogen-bond acceptors (Lipinski definition) is 18. The molecule has 80 heavy (non-hydrogen) atoms. The van der Waals surface area contributed by atoms with Crippen LogP contribution in [0.15, 0.2) is 69.7 Å². The summed E-state index contributed by atoms with van der Waals surface area (Å²) in [6, 6.07) is 9.68. The third kappa shape index (κ3) is 17.7. The van der Waals surface area contributed by atoms with E-state index in [2.05, 4.69) is 23.7 Å². The molecular weight excluding hydrogens is 1040 g/mol. The molecule has 3 aromatic rings. The number of Topliss-reactive ketones (excluding diaryl/α,β-unsaturated/α-hetero) is 2. The summed E-state index contributed by atoms with van der Waals surface area (Å²) in [5, 5.41) is 10.5. The summed E-state index contributed by atoms with van der Waals surface area (Å²) >= 11 is 1.62. The number of nitrogens with zero attached hydrogens (tertiary/aromatic N) is 6. The number of carbonyl (C=O) groups excluding carboxylic acids is 5. The predicted octanol–water partition coefficient (Wildman–Crippen LogP) is 7.91. The zero-order chi connectivity index (χ0) is 57.0. The Morgan fingerprint density at radius 3 is 1.84 bits per heavy atom. The van der Waals surface area contributed by atoms with Crippen LogP contribution in [0.1, 0.15) is 121 Å². The molecule has 4 aliphatic heterocycles. The molecule has 1 N–H and O–H groups in total. The van der Waals surface area contributed by atoms with Gasteiger partial charge in [0.1, 0.15) is 48.6 Å². The zero-order valence-corrected chi connectivity index (χ0v) is 48.0. The number of allylic oxidation sites excluding steroid dienone is 2. The number of benzene rings is 2. The summed E-state index contributed by atoms with van der Waals surface area (Å²) < 4.78 is 40.9. The summed E-state index contributed by atoms with van der Waals surface area (Å²) in [4.78, 5) is 84.0. The minimum atomic E-state index is -0.376. The number of ether oxygens (including phenoxy) is 7. The number of pyridine rings is 1. The van der Waals surface area contributed by atoms with Crippen LogP contribution >= 0.6 is 11.8 Å². The Bertz CT molecular complexity index is 2780. The fourth-order valence-electron chi connectivity index (χ4n) is 9.65. The summed E-state index contributed by atoms with van der Waals surface area (Å²) in [6.45, 7) is 15.7. The lowest BCUT2D eigenvalue weighted by atomic mass is 10.1. The quantitative estimate of drug-likeness (QED) is 0.0341. The van der Waals surface area contributed by atoms with E-state index in [0.29, 0.717) is 181 Å². The molecule has 2 amide bonds. The van der Waals surface area contributed by atoms with Crippen LogP contribution < -0.4 is 14.2 Å². The van der Waals surface area contributed by atoms with E-state index >= 15 is 0 Å². The van der Waals surface area contributed by atoms with Gasteiger partial charge in [-0.05, 0) is 66.1 Å². The number of hydrogen-bond donors (Lipinski definition) is 1. The van der Waals surface area contributed by atoms with E-state index in [1.54, 1.807) is 64.3 Å². The number of aliphatic hydroxyl groups excluding tert-OH is 1. The van der Waals surface area contributed by atoms with Gasteiger partial charge >= 0.3 is 0 Å². The van der Waals surface area contributed by atoms with Gasteiger partial charge in [0.05, 0.1) is 110 Å². The minimum absolute atomic E-state index is 0.0404. The van der Waals surface area contributed by atoms with Crippen molar-refractivity contribution in [2.45, 2.75) is 110 Å². The minimum Gasteiger partial charge on any atom is -0.492 e. The lowest BCUT2D eigenvalue weighted by Crippen LogP contribution is -2.37. The van der Waals surface area contributed by atoms with Crippen molar-refractivity contribution in [3.8, 4) is 17.2 Å². The van der Waals surface area contributed by atoms with Crippen molar-refractivity contribution in [1.82, 2.24) is 19.7 Å². The van der Waals surface area contributed by atoms with Gasteiger partial charge in [0.25, 0.3) is 11.8 Å². The van der Waals surface area contributed by atoms with Crippen molar-refractivity contribution in [2.24, 2.45) is 9.98 Å². The average Bonchev–Trinajstić information content (AvgIpc) is 4.07. The molecule has 2 saturated heterocycles. The van der Waals surface area contributed by atoms with E-state index in [0.717, 1.165) is 12.0 Å². The highest BCUT2D eigenvalue weighted by atomic mass is 32.2. The van der Waals surface area contributed by atoms with Crippen molar-refractivity contribution in [3.63, 3.8) is 0 Å². The Morgan fingerprint density at radius 2 is 1.27 bits per heavy atom. The first-order chi connectivity index (χ1) is 38.7. The summed E-state index contributed by atoms with van der Waals surface area (Å²) in [5.74, 6) is 1.49. The van der Waals surface area contributed by atoms with Crippen molar-refractivity contribution < 1.29 is 62.2 Å². The van der Waals surface area contributed by atoms with Gasteiger partial charge in [-0.3, -0.25) is 38.9 Å². The maximum atomic E-state index is 13.7. The molecular formula is C60H78N6O13S. The number of ketones is 2. The van der Waals surface area contributed by atoms with Crippen LogP contribution in [-0.2, 0) is 48.4 Å². The van der Waals surface area contributed by atoms with Crippen LogP contribution in [0.3, 0.4) is 0 Å². The lowest BCUT2D eigenvalue weighted by Gasteiger charge is -2.29. The van der Waals surface area contributed by atoms with E-state index in [-0.39, 0.29) is 71.3 Å². The first-order valence-corrected chi connectivity index (χ1v) is 28.6. The smallest absolute Gasteiger partial charge is 0.256 e. The van der Waals surface area contributed by atoms with Gasteiger partial charge in [-0.15, -0.1) is 11.8 Å². The summed E-state index contributed by atoms with van der Waals surface area (Å²) in [6.07, 6.45) is 11.7. The maximum absolute atomic E-state index is 13.7. The molecule has 0 bridgehead atoms. The molecule has 0 radical (unpaired) electrons. The molecule has 5 heterocycles. The van der Waals surface area contributed by atoms with Crippen LogP contribution in [0.4, 0.5) is 11.4 Å². The Morgan fingerprint density at radius 1 is 0.725 bits per heavy atom. The van der Waals surface area contributed by atoms with Crippen molar-refractivity contribution in [2.75, 3.05) is 98.4 Å². The van der Waals surface area contributed by atoms with Crippen LogP contribution in [0, 0.1) is 0 Å². The summed E-state index contributed by atoms with van der Waals surface area (Å²) in [5.41, 5.74) is 5.48. The first-order valence-electron chi connectivity index (χ1n) is 27.7. The Kier molecular flexibility index (Phi) is 23.5. The molecule has 2 fully saturated rings. The number of aldehydes is 1. The van der Waals surface area contributed by atoms with Gasteiger partial charge in [-0.25, -0.2) is 0 Å². The normalized spacial score (nSPS) is 17.6. The van der Waals surface area contributed by atoms with E-state index in [4.69, 9.17) is 43.1 Å². The number of rotatable bonds is 34. The third-order valence-electron chi connectivity index (χ3n) is 14.1. The molecule has 20 heteroatoms. The Labute approximate surface area is 474 Å². The van der Waals surface area contributed by atoms with Gasteiger partial charge in [0.15, 0.2) is 6.29 Å². The van der Waals surface area contributed by atoms with Crippen LogP contribution in [-0.4, -0.2) is 182 Å². The van der Waals surface area contributed by atoms with Crippen LogP contribution in [0.5, 0.6) is 17.2 Å². The molecule has 4 aliphatic rings. The molecule has 432 valence electrons. The second-order valence-corrected chi connectivity index (χ2v) is 22.4. The first kappa shape index (κ1) is 61.5. The number of carbonyl (C=O) groups is 5. The Hall–Kier alpha value is -6.13. The number of amides is 2. The third-order valence-corrected chi connectivity index (χ3v) is 15.5. The Balaban J connectivity index is 0.914. The molecule has 0 unspecified atom stereocenters. The van der Waals surface area contributed by atoms with Gasteiger partial charge in [-0.1, -0.05) is 30.2 Å². The monoisotopic (exact) mass is 1120 g/mol. The molecule has 7 rings (SSSR count). The van der Waals surface area contributed by atoms with Crippen LogP contribution in [0.2, 0.25) is 0 Å². The predicted molar refractivity (Wildman–Crippen MR) is 307 cm³/mol. The number of thioether (sulfide) groups is 1. The number of aromatic nitrogens is 1. The van der Waals surface area contributed by atoms with Gasteiger partial charge < -0.3 is 53.0 Å². The van der Waals surface area contributed by atoms with Crippen molar-refractivity contribution in [3.05, 3.63) is 93.3 Å². The van der Waals surface area contributed by atoms with E-state index in [1.807, 2.05) is 40.0 Å². The summed E-state index contributed by atoms with van der Waals surface area (Å²) in [7, 11) is 2.01. The highest BCUT2D eigenvalue weighted by Gasteiger charge is 2.36. The lowest BCUT2D eigenvalue weighted by molar-refractivity contribution is -0.120. The molecule has 0 spiro atoms. The molecule has 2 aromatic carbocycles. The second-order valence-electron chi connectivity index (χ2n) is 20.8. The van der Waals surface area contributed by atoms with Gasteiger partial charge in [0, 0.05) is 99.1 Å². The average molecular weight is 1120 g/mol. The number of aliphatic imine (C=N–C) groups is 2. The second kappa shape index (κ2) is 30.6. The number of likely N-dealkylation sites (N-methyl/N-ethyl adjacent to an activating group) is 1. The zero-order valence-electron chi connectivity index (χ0n) is 47.2. The van der Waals surface area contributed by atoms with E-state index in [1.165, 1.54) is 11.6 Å². The largest absolute Gasteiger partial charge is 0.492 e. The topological polar surface area (TPSA) is 218 Å². The molecule has 0 aliphatic carbocycles. The molecule has 2 atom stereocenters. The maximum Gasteiger partial charge on any atom is 0.256 e. The standard InChI is InChI=1S/C60H78N6O13S/c1-7-41-23-47-31-61-54-29-56(43(35-67)25-52(54)58(71)65(47)33-41)78-37-45-27-51(28-46(63-45)38-79-57-30-55-53(26-44(57)36-68)59(72)66-34-42(8-2)24-48(66)32-62-55)77-16-13-64(6)40-60(4,5)80-39-50(70)11-10-14-73-17-19-75-21-22-76-20-18-74-15-12-49(69)9-3/h7-8,25-32,35,47-48,68H,9-24,33-34,36-40H2,1-6H3/b41-7+,42-8+/t47-,48-/m0/s1. The van der Waals surface area contributed by atoms with Crippen molar-refractivity contribution >= 4 is 65.2 Å².